The van der Waals surface area contributed by atoms with Crippen LogP contribution >= 0.6 is 0 Å². The molecule has 0 radical (unpaired) electrons. The highest BCUT2D eigenvalue weighted by molar-refractivity contribution is 5.95. The van der Waals surface area contributed by atoms with Gasteiger partial charge in [0.05, 0.1) is 12.2 Å². The third-order valence-electron chi connectivity index (χ3n) is 1.84. The van der Waals surface area contributed by atoms with Gasteiger partial charge in [-0.15, -0.1) is 0 Å². The van der Waals surface area contributed by atoms with E-state index in [1.54, 1.807) is 0 Å². The van der Waals surface area contributed by atoms with Crippen molar-refractivity contribution in [1.82, 2.24) is 0 Å². The Labute approximate surface area is 95.6 Å². The third kappa shape index (κ3) is 5.34. The molecule has 0 amide bonds. The molecule has 1 N–H and O–H groups in total. The number of carboxylic acids is 1. The van der Waals surface area contributed by atoms with Crippen molar-refractivity contribution in [3.8, 4) is 0 Å². The van der Waals surface area contributed by atoms with Gasteiger partial charge in [0, 0.05) is 5.57 Å². The van der Waals surface area contributed by atoms with E-state index in [4.69, 9.17) is 9.84 Å². The van der Waals surface area contributed by atoms with Crippen LogP contribution < -0.4 is 0 Å². The Kier molecular flexibility index (Phi) is 6.92. The Bertz CT molecular complexity index is 302. The summed E-state index contributed by atoms with van der Waals surface area (Å²) in [6.07, 6.45) is 3.12. The lowest BCUT2D eigenvalue weighted by molar-refractivity contribution is -0.138. The first-order valence-electron chi connectivity index (χ1n) is 5.32. The number of carbonyl (C=O) groups is 2. The molecule has 0 unspecified atom stereocenters. The van der Waals surface area contributed by atoms with Crippen LogP contribution in [0.25, 0.3) is 0 Å². The van der Waals surface area contributed by atoms with E-state index in [-0.39, 0.29) is 11.1 Å². The predicted molar refractivity (Wildman–Crippen MR) is 61.0 cm³/mol. The van der Waals surface area contributed by atoms with E-state index in [2.05, 4.69) is 6.58 Å². The second-order valence-electron chi connectivity index (χ2n) is 3.39. The first-order valence-corrected chi connectivity index (χ1v) is 5.32. The molecule has 0 aliphatic heterocycles. The number of rotatable bonds is 7. The fraction of sp³-hybridized carbons (Fsp3) is 0.500. The van der Waals surface area contributed by atoms with Gasteiger partial charge in [-0.05, 0) is 18.9 Å². The molecule has 4 heteroatoms. The second-order valence-corrected chi connectivity index (χ2v) is 3.39. The summed E-state index contributed by atoms with van der Waals surface area (Å²) in [5.41, 5.74) is 0.264. The molecule has 0 bridgehead atoms. The Hall–Kier alpha value is -1.58. The smallest absolute Gasteiger partial charge is 0.337 e. The third-order valence-corrected chi connectivity index (χ3v) is 1.84. The summed E-state index contributed by atoms with van der Waals surface area (Å²) in [6.45, 7) is 7.57. The minimum atomic E-state index is -1.02. The summed E-state index contributed by atoms with van der Waals surface area (Å²) < 4.78 is 4.84. The van der Waals surface area contributed by atoms with Crippen molar-refractivity contribution in [3.63, 3.8) is 0 Å². The summed E-state index contributed by atoms with van der Waals surface area (Å²) >= 11 is 0. The lowest BCUT2D eigenvalue weighted by Crippen LogP contribution is -2.08. The Morgan fingerprint density at radius 1 is 1.31 bits per heavy atom. The normalized spacial score (nSPS) is 11.0. The fourth-order valence-corrected chi connectivity index (χ4v) is 1.07. The lowest BCUT2D eigenvalue weighted by Gasteiger charge is -2.04. The highest BCUT2D eigenvalue weighted by Gasteiger charge is 2.11. The minimum absolute atomic E-state index is 0.0827. The van der Waals surface area contributed by atoms with Gasteiger partial charge in [0.1, 0.15) is 0 Å². The number of aliphatic carboxylic acids is 1. The fourth-order valence-electron chi connectivity index (χ4n) is 1.07. The molecule has 0 saturated carbocycles. The van der Waals surface area contributed by atoms with Gasteiger partial charge in [0.15, 0.2) is 0 Å². The highest BCUT2D eigenvalue weighted by atomic mass is 16.5. The predicted octanol–water partition coefficient (Wildman–Crippen LogP) is 2.31. The summed E-state index contributed by atoms with van der Waals surface area (Å²) in [5, 5.41) is 8.85. The van der Waals surface area contributed by atoms with Gasteiger partial charge in [0.2, 0.25) is 0 Å². The summed E-state index contributed by atoms with van der Waals surface area (Å²) in [7, 11) is 0. The molecule has 0 heterocycles. The second kappa shape index (κ2) is 7.68. The largest absolute Gasteiger partial charge is 0.478 e. The van der Waals surface area contributed by atoms with E-state index in [0.29, 0.717) is 19.4 Å². The van der Waals surface area contributed by atoms with E-state index in [9.17, 15) is 9.59 Å². The first-order chi connectivity index (χ1) is 7.52. The summed E-state index contributed by atoms with van der Waals surface area (Å²) in [6, 6.07) is 0. The van der Waals surface area contributed by atoms with Crippen molar-refractivity contribution >= 4 is 11.9 Å². The summed E-state index contributed by atoms with van der Waals surface area (Å²) in [4.78, 5) is 22.1. The molecule has 16 heavy (non-hydrogen) atoms. The average molecular weight is 226 g/mol. The monoisotopic (exact) mass is 226 g/mol. The van der Waals surface area contributed by atoms with Gasteiger partial charge in [-0.1, -0.05) is 26.8 Å². The maximum Gasteiger partial charge on any atom is 0.337 e. The first kappa shape index (κ1) is 14.4. The van der Waals surface area contributed by atoms with Crippen molar-refractivity contribution in [1.29, 1.82) is 0 Å². The summed E-state index contributed by atoms with van der Waals surface area (Å²) in [5.74, 6) is -1.58. The number of hydrogen-bond donors (Lipinski definition) is 1. The van der Waals surface area contributed by atoms with Crippen molar-refractivity contribution in [3.05, 3.63) is 23.8 Å². The van der Waals surface area contributed by atoms with Crippen molar-refractivity contribution in [2.24, 2.45) is 0 Å². The Balaban J connectivity index is 4.52. The van der Waals surface area contributed by atoms with Crippen LogP contribution in [0.2, 0.25) is 0 Å². The molecule has 0 aromatic rings. The van der Waals surface area contributed by atoms with Gasteiger partial charge in [-0.3, -0.25) is 0 Å². The molecular weight excluding hydrogens is 208 g/mol. The molecular formula is C12H18O4. The number of carbonyl (C=O) groups excluding carboxylic acids is 1. The standard InChI is InChI=1S/C12H18O4/c1-4-6-10(11(13)14)8-9(3)12(15)16-7-5-2/h8H,3-7H2,1-2H3,(H,13,14). The minimum Gasteiger partial charge on any atom is -0.478 e. The highest BCUT2D eigenvalue weighted by Crippen LogP contribution is 2.09. The lowest BCUT2D eigenvalue weighted by atomic mass is 10.1. The zero-order chi connectivity index (χ0) is 12.6. The molecule has 0 aliphatic rings. The molecule has 0 spiro atoms. The van der Waals surface area contributed by atoms with Gasteiger partial charge in [-0.25, -0.2) is 9.59 Å². The topological polar surface area (TPSA) is 63.6 Å². The van der Waals surface area contributed by atoms with Crippen LogP contribution in [-0.2, 0) is 14.3 Å². The Morgan fingerprint density at radius 2 is 1.94 bits per heavy atom. The van der Waals surface area contributed by atoms with E-state index in [0.717, 1.165) is 6.42 Å². The van der Waals surface area contributed by atoms with Gasteiger partial charge in [0.25, 0.3) is 0 Å². The van der Waals surface area contributed by atoms with Crippen LogP contribution in [0.4, 0.5) is 0 Å². The molecule has 0 saturated heterocycles. The Morgan fingerprint density at radius 3 is 2.38 bits per heavy atom. The van der Waals surface area contributed by atoms with E-state index < -0.39 is 11.9 Å². The van der Waals surface area contributed by atoms with Crippen LogP contribution in [0.5, 0.6) is 0 Å². The van der Waals surface area contributed by atoms with Crippen molar-refractivity contribution in [2.75, 3.05) is 6.61 Å². The quantitative estimate of drug-likeness (QED) is 0.411. The zero-order valence-corrected chi connectivity index (χ0v) is 9.78. The van der Waals surface area contributed by atoms with E-state index in [1.807, 2.05) is 13.8 Å². The molecule has 90 valence electrons. The molecule has 0 fully saturated rings. The molecule has 0 atom stereocenters. The maximum absolute atomic E-state index is 11.3. The van der Waals surface area contributed by atoms with Gasteiger partial charge < -0.3 is 9.84 Å². The molecule has 0 aromatic carbocycles. The van der Waals surface area contributed by atoms with Crippen LogP contribution in [0, 0.1) is 0 Å². The van der Waals surface area contributed by atoms with Gasteiger partial charge in [-0.2, -0.15) is 0 Å². The van der Waals surface area contributed by atoms with E-state index in [1.165, 1.54) is 6.08 Å². The van der Waals surface area contributed by atoms with Crippen LogP contribution in [0.15, 0.2) is 23.8 Å². The molecule has 0 rings (SSSR count). The van der Waals surface area contributed by atoms with E-state index >= 15 is 0 Å². The number of esters is 1. The number of carboxylic acid groups (broad SMARTS) is 1. The molecule has 4 nitrogen and oxygen atoms in total. The van der Waals surface area contributed by atoms with Crippen LogP contribution in [-0.4, -0.2) is 23.7 Å². The molecule has 0 aromatic heterocycles. The zero-order valence-electron chi connectivity index (χ0n) is 9.78. The van der Waals surface area contributed by atoms with Crippen molar-refractivity contribution in [2.45, 2.75) is 33.1 Å². The maximum atomic E-state index is 11.3. The molecule has 0 aliphatic carbocycles. The SMILES string of the molecule is C=C(C=C(CCC)C(=O)O)C(=O)OCCC. The van der Waals surface area contributed by atoms with Gasteiger partial charge >= 0.3 is 11.9 Å². The van der Waals surface area contributed by atoms with Crippen LogP contribution in [0.3, 0.4) is 0 Å². The van der Waals surface area contributed by atoms with Crippen LogP contribution in [0.1, 0.15) is 33.1 Å². The van der Waals surface area contributed by atoms with Crippen molar-refractivity contribution < 1.29 is 19.4 Å². The average Bonchev–Trinajstić information content (AvgIpc) is 2.24. The number of ether oxygens (including phenoxy) is 1. The number of hydrogen-bond acceptors (Lipinski definition) is 3.